The standard InChI is InChI=1S/C20H26N4O2/c1-15-5-7-16(8-6-15)19(2,3)17(25)23-13-20(26)9-12-24(14-20)18-21-10-4-11-22-18/h4-8,10-11,26H,9,12-14H2,1-3H3,(H,23,25)/t20-/m0/s1. The van der Waals surface area contributed by atoms with E-state index < -0.39 is 11.0 Å². The summed E-state index contributed by atoms with van der Waals surface area (Å²) >= 11 is 0. The number of aliphatic hydroxyl groups is 1. The van der Waals surface area contributed by atoms with Gasteiger partial charge in [-0.25, -0.2) is 9.97 Å². The molecule has 1 amide bonds. The molecule has 6 nitrogen and oxygen atoms in total. The Hall–Kier alpha value is -2.47. The molecule has 6 heteroatoms. The summed E-state index contributed by atoms with van der Waals surface area (Å²) in [6.45, 7) is 7.10. The van der Waals surface area contributed by atoms with Crippen molar-refractivity contribution in [2.45, 2.75) is 38.2 Å². The van der Waals surface area contributed by atoms with Crippen molar-refractivity contribution in [1.82, 2.24) is 15.3 Å². The van der Waals surface area contributed by atoms with Gasteiger partial charge in [0.25, 0.3) is 0 Å². The Morgan fingerprint density at radius 2 is 1.92 bits per heavy atom. The highest BCUT2D eigenvalue weighted by Crippen LogP contribution is 2.26. The van der Waals surface area contributed by atoms with E-state index in [9.17, 15) is 9.90 Å². The maximum absolute atomic E-state index is 12.7. The molecular formula is C20H26N4O2. The van der Waals surface area contributed by atoms with Crippen molar-refractivity contribution in [2.75, 3.05) is 24.5 Å². The van der Waals surface area contributed by atoms with Crippen LogP contribution in [0.4, 0.5) is 5.95 Å². The largest absolute Gasteiger partial charge is 0.386 e. The summed E-state index contributed by atoms with van der Waals surface area (Å²) in [4.78, 5) is 23.1. The lowest BCUT2D eigenvalue weighted by atomic mass is 9.83. The predicted molar refractivity (Wildman–Crippen MR) is 101 cm³/mol. The molecule has 0 aliphatic carbocycles. The second kappa shape index (κ2) is 7.03. The summed E-state index contributed by atoms with van der Waals surface area (Å²) in [6, 6.07) is 9.74. The molecule has 1 aromatic heterocycles. The van der Waals surface area contributed by atoms with Crippen molar-refractivity contribution in [2.24, 2.45) is 0 Å². The Morgan fingerprint density at radius 1 is 1.27 bits per heavy atom. The number of hydrogen-bond acceptors (Lipinski definition) is 5. The van der Waals surface area contributed by atoms with E-state index in [0.717, 1.165) is 11.1 Å². The summed E-state index contributed by atoms with van der Waals surface area (Å²) < 4.78 is 0. The van der Waals surface area contributed by atoms with Gasteiger partial charge < -0.3 is 15.3 Å². The van der Waals surface area contributed by atoms with Crippen molar-refractivity contribution >= 4 is 11.9 Å². The smallest absolute Gasteiger partial charge is 0.230 e. The molecule has 0 saturated carbocycles. The summed E-state index contributed by atoms with van der Waals surface area (Å²) in [5.41, 5.74) is 0.482. The van der Waals surface area contributed by atoms with Crippen molar-refractivity contribution in [1.29, 1.82) is 0 Å². The maximum atomic E-state index is 12.7. The molecule has 0 unspecified atom stereocenters. The molecule has 2 N–H and O–H groups in total. The number of carbonyl (C=O) groups is 1. The quantitative estimate of drug-likeness (QED) is 0.856. The van der Waals surface area contributed by atoms with E-state index in [4.69, 9.17) is 0 Å². The normalized spacial score (nSPS) is 20.2. The van der Waals surface area contributed by atoms with Crippen LogP contribution in [0.25, 0.3) is 0 Å². The van der Waals surface area contributed by atoms with Crippen LogP contribution in [0, 0.1) is 6.92 Å². The lowest BCUT2D eigenvalue weighted by molar-refractivity contribution is -0.126. The molecule has 0 spiro atoms. The topological polar surface area (TPSA) is 78.4 Å². The second-order valence-corrected chi connectivity index (χ2v) is 7.62. The fraction of sp³-hybridized carbons (Fsp3) is 0.450. The lowest BCUT2D eigenvalue weighted by Gasteiger charge is -2.28. The van der Waals surface area contributed by atoms with Crippen LogP contribution in [0.3, 0.4) is 0 Å². The van der Waals surface area contributed by atoms with Gasteiger partial charge in [-0.05, 0) is 38.8 Å². The molecule has 0 radical (unpaired) electrons. The predicted octanol–water partition coefficient (Wildman–Crippen LogP) is 1.82. The Kier molecular flexibility index (Phi) is 4.96. The van der Waals surface area contributed by atoms with E-state index in [1.54, 1.807) is 18.5 Å². The van der Waals surface area contributed by atoms with Gasteiger partial charge in [0, 0.05) is 25.5 Å². The van der Waals surface area contributed by atoms with Gasteiger partial charge >= 0.3 is 0 Å². The Balaban J connectivity index is 1.61. The van der Waals surface area contributed by atoms with Crippen molar-refractivity contribution in [3.05, 3.63) is 53.9 Å². The zero-order valence-corrected chi connectivity index (χ0v) is 15.6. The number of amides is 1. The van der Waals surface area contributed by atoms with E-state index >= 15 is 0 Å². The van der Waals surface area contributed by atoms with Gasteiger partial charge in [0.15, 0.2) is 0 Å². The van der Waals surface area contributed by atoms with Gasteiger partial charge in [-0.1, -0.05) is 29.8 Å². The third-order valence-electron chi connectivity index (χ3n) is 5.09. The van der Waals surface area contributed by atoms with Crippen molar-refractivity contribution in [3.8, 4) is 0 Å². The number of aryl methyl sites for hydroxylation is 1. The van der Waals surface area contributed by atoms with Crippen LogP contribution in [0.2, 0.25) is 0 Å². The first-order chi connectivity index (χ1) is 12.3. The van der Waals surface area contributed by atoms with Gasteiger partial charge in [-0.15, -0.1) is 0 Å². The molecule has 0 bridgehead atoms. The third-order valence-corrected chi connectivity index (χ3v) is 5.09. The molecule has 1 saturated heterocycles. The molecule has 2 heterocycles. The lowest BCUT2D eigenvalue weighted by Crippen LogP contribution is -2.49. The summed E-state index contributed by atoms with van der Waals surface area (Å²) in [5.74, 6) is 0.513. The minimum atomic E-state index is -0.974. The third kappa shape index (κ3) is 3.85. The SMILES string of the molecule is Cc1ccc(C(C)(C)C(=O)NC[C@@]2(O)CCN(c3ncccn3)C2)cc1. The number of carbonyl (C=O) groups excluding carboxylic acids is 1. The van der Waals surface area contributed by atoms with Crippen LogP contribution in [-0.4, -0.2) is 46.2 Å². The number of β-amino-alcohol motifs (C(OH)–C–C–N with tert-alkyl or cyclic N) is 1. The number of nitrogens with one attached hydrogen (secondary N) is 1. The monoisotopic (exact) mass is 354 g/mol. The summed E-state index contributed by atoms with van der Waals surface area (Å²) in [7, 11) is 0. The molecule has 138 valence electrons. The summed E-state index contributed by atoms with van der Waals surface area (Å²) in [6.07, 6.45) is 3.94. The Labute approximate surface area is 154 Å². The van der Waals surface area contributed by atoms with Gasteiger partial charge in [0.05, 0.1) is 12.0 Å². The molecule has 1 aliphatic heterocycles. The van der Waals surface area contributed by atoms with Crippen LogP contribution in [0.5, 0.6) is 0 Å². The maximum Gasteiger partial charge on any atom is 0.230 e. The van der Waals surface area contributed by atoms with Crippen LogP contribution in [0.1, 0.15) is 31.4 Å². The van der Waals surface area contributed by atoms with Crippen molar-refractivity contribution < 1.29 is 9.90 Å². The highest BCUT2D eigenvalue weighted by molar-refractivity contribution is 5.87. The number of hydrogen-bond donors (Lipinski definition) is 2. The van der Waals surface area contributed by atoms with E-state index in [0.29, 0.717) is 25.5 Å². The molecule has 3 rings (SSSR count). The van der Waals surface area contributed by atoms with Crippen LogP contribution in [-0.2, 0) is 10.2 Å². The minimum Gasteiger partial charge on any atom is -0.386 e. The number of aromatic nitrogens is 2. The van der Waals surface area contributed by atoms with E-state index in [1.165, 1.54) is 0 Å². The molecule has 1 aliphatic rings. The van der Waals surface area contributed by atoms with Crippen LogP contribution < -0.4 is 10.2 Å². The van der Waals surface area contributed by atoms with Crippen LogP contribution in [0.15, 0.2) is 42.7 Å². The number of anilines is 1. The van der Waals surface area contributed by atoms with Gasteiger partial charge in [-0.3, -0.25) is 4.79 Å². The van der Waals surface area contributed by atoms with Gasteiger partial charge in [0.1, 0.15) is 5.60 Å². The van der Waals surface area contributed by atoms with E-state index in [1.807, 2.05) is 49.9 Å². The molecule has 2 aromatic rings. The highest BCUT2D eigenvalue weighted by atomic mass is 16.3. The first-order valence-electron chi connectivity index (χ1n) is 8.90. The average molecular weight is 354 g/mol. The van der Waals surface area contributed by atoms with Gasteiger partial charge in [-0.2, -0.15) is 0 Å². The van der Waals surface area contributed by atoms with E-state index in [2.05, 4.69) is 15.3 Å². The molecular weight excluding hydrogens is 328 g/mol. The molecule has 1 aromatic carbocycles. The molecule has 26 heavy (non-hydrogen) atoms. The summed E-state index contributed by atoms with van der Waals surface area (Å²) in [5, 5.41) is 13.8. The fourth-order valence-electron chi connectivity index (χ4n) is 3.19. The van der Waals surface area contributed by atoms with E-state index in [-0.39, 0.29) is 12.5 Å². The zero-order chi connectivity index (χ0) is 18.8. The van der Waals surface area contributed by atoms with Gasteiger partial charge in [0.2, 0.25) is 11.9 Å². The van der Waals surface area contributed by atoms with Crippen LogP contribution >= 0.6 is 0 Å². The van der Waals surface area contributed by atoms with Crippen molar-refractivity contribution in [3.63, 3.8) is 0 Å². The Morgan fingerprint density at radius 3 is 2.58 bits per heavy atom. The molecule has 1 atom stereocenters. The number of benzene rings is 1. The Bertz CT molecular complexity index is 761. The average Bonchev–Trinajstić information content (AvgIpc) is 3.03. The second-order valence-electron chi connectivity index (χ2n) is 7.62. The minimum absolute atomic E-state index is 0.0933. The number of rotatable bonds is 5. The first-order valence-corrected chi connectivity index (χ1v) is 8.90. The zero-order valence-electron chi connectivity index (χ0n) is 15.6. The number of nitrogens with zero attached hydrogens (tertiary/aromatic N) is 3. The first kappa shape index (κ1) is 18.3. The highest BCUT2D eigenvalue weighted by Gasteiger charge is 2.39. The molecule has 1 fully saturated rings. The fourth-order valence-corrected chi connectivity index (χ4v) is 3.19.